The average molecular weight is 350 g/mol. The van der Waals surface area contributed by atoms with Crippen molar-refractivity contribution in [2.75, 3.05) is 6.61 Å². The van der Waals surface area contributed by atoms with Crippen molar-refractivity contribution in [2.45, 2.75) is 11.9 Å². The van der Waals surface area contributed by atoms with Crippen molar-refractivity contribution in [3.8, 4) is 0 Å². The van der Waals surface area contributed by atoms with Gasteiger partial charge < -0.3 is 49.6 Å². The Kier molecular flexibility index (Phi) is 13.9. The highest BCUT2D eigenvalue weighted by Gasteiger charge is 2.26. The van der Waals surface area contributed by atoms with E-state index in [2.05, 4.69) is 0 Å². The molecule has 0 rings (SSSR count). The molecule has 0 fully saturated rings. The van der Waals surface area contributed by atoms with Crippen molar-refractivity contribution >= 4 is 23.7 Å². The van der Waals surface area contributed by atoms with E-state index >= 15 is 0 Å². The van der Waals surface area contributed by atoms with Crippen LogP contribution in [0, 0.1) is 0 Å². The SMILES string of the molecule is O=P(O)(O)O.O=P(O)(O)O.O=[P+]([O-])C(O)C(O)CO. The Morgan fingerprint density at radius 1 is 0.947 bits per heavy atom. The third kappa shape index (κ3) is 45.9. The van der Waals surface area contributed by atoms with Crippen LogP contribution in [0.15, 0.2) is 0 Å². The van der Waals surface area contributed by atoms with Gasteiger partial charge in [-0.3, -0.25) is 0 Å². The van der Waals surface area contributed by atoms with Gasteiger partial charge in [-0.2, -0.15) is 0 Å². The van der Waals surface area contributed by atoms with Crippen LogP contribution in [0.2, 0.25) is 0 Å². The molecule has 0 saturated heterocycles. The highest BCUT2D eigenvalue weighted by molar-refractivity contribution is 7.45. The van der Waals surface area contributed by atoms with Crippen LogP contribution in [0.25, 0.3) is 0 Å². The Morgan fingerprint density at radius 3 is 1.21 bits per heavy atom. The van der Waals surface area contributed by atoms with E-state index in [9.17, 15) is 9.46 Å². The first kappa shape index (κ1) is 24.2. The maximum atomic E-state index is 9.82. The predicted octanol–water partition coefficient (Wildman–Crippen LogP) is -4.10. The van der Waals surface area contributed by atoms with Gasteiger partial charge in [-0.05, 0) is 0 Å². The molecule has 0 aromatic heterocycles. The summed E-state index contributed by atoms with van der Waals surface area (Å²) in [5, 5.41) is 24.9. The number of aliphatic hydroxyl groups is 3. The maximum Gasteiger partial charge on any atom is 0.466 e. The first-order chi connectivity index (χ1) is 8.09. The van der Waals surface area contributed by atoms with E-state index in [0.717, 1.165) is 0 Å². The molecule has 0 heterocycles. The summed E-state index contributed by atoms with van der Waals surface area (Å²) in [6.45, 7) is -0.759. The summed E-state index contributed by atoms with van der Waals surface area (Å²) in [4.78, 5) is 52.9. The molecule has 0 spiro atoms. The number of rotatable bonds is 3. The van der Waals surface area contributed by atoms with Gasteiger partial charge in [-0.15, -0.1) is 0 Å². The van der Waals surface area contributed by atoms with E-state index in [-0.39, 0.29) is 0 Å². The van der Waals surface area contributed by atoms with Gasteiger partial charge in [-0.1, -0.05) is 4.57 Å². The molecule has 19 heavy (non-hydrogen) atoms. The van der Waals surface area contributed by atoms with E-state index in [1.165, 1.54) is 0 Å². The Bertz CT molecular complexity index is 291. The van der Waals surface area contributed by atoms with Gasteiger partial charge in [0.1, 0.15) is 6.10 Å². The molecule has 9 N–H and O–H groups in total. The van der Waals surface area contributed by atoms with Crippen LogP contribution >= 0.6 is 23.7 Å². The van der Waals surface area contributed by atoms with Crippen LogP contribution < -0.4 is 4.89 Å². The molecule has 118 valence electrons. The molecule has 3 unspecified atom stereocenters. The van der Waals surface area contributed by atoms with Gasteiger partial charge in [0, 0.05) is 0 Å². The molecule has 0 aliphatic heterocycles. The van der Waals surface area contributed by atoms with Crippen LogP contribution in [0.5, 0.6) is 0 Å². The zero-order valence-electron chi connectivity index (χ0n) is 8.86. The fourth-order valence-electron chi connectivity index (χ4n) is 0.235. The molecule has 0 aromatic rings. The van der Waals surface area contributed by atoms with Gasteiger partial charge in [0.25, 0.3) is 5.85 Å². The molecule has 13 nitrogen and oxygen atoms in total. The highest BCUT2D eigenvalue weighted by Crippen LogP contribution is 2.26. The third-order valence-corrected chi connectivity index (χ3v) is 1.52. The Morgan fingerprint density at radius 2 is 1.16 bits per heavy atom. The summed E-state index contributed by atoms with van der Waals surface area (Å²) < 4.78 is 27.6. The second kappa shape index (κ2) is 10.9. The fourth-order valence-corrected chi connectivity index (χ4v) is 0.610. The lowest BCUT2D eigenvalue weighted by Gasteiger charge is -2.05. The Labute approximate surface area is 106 Å². The minimum absolute atomic E-state index is 0.759. The van der Waals surface area contributed by atoms with E-state index in [4.69, 9.17) is 53.8 Å². The lowest BCUT2D eigenvalue weighted by atomic mass is 10.4. The lowest BCUT2D eigenvalue weighted by Crippen LogP contribution is -2.28. The predicted molar refractivity (Wildman–Crippen MR) is 55.2 cm³/mol. The Balaban J connectivity index is -0.000000219. The summed E-state index contributed by atoms with van der Waals surface area (Å²) in [7, 11) is -12.3. The zero-order valence-corrected chi connectivity index (χ0v) is 11.5. The second-order valence-corrected chi connectivity index (χ2v) is 5.63. The highest BCUT2D eigenvalue weighted by atomic mass is 31.2. The standard InChI is InChI=1S/C3H7O5P.2H3O4P/c4-1-2(5)3(6)9(7)8;2*1-5(2,3)4/h2-6H,1H2;2*(H3,1,2,3,4). The van der Waals surface area contributed by atoms with Gasteiger partial charge in [0.2, 0.25) is 0 Å². The normalized spacial score (nSPS) is 15.2. The van der Waals surface area contributed by atoms with E-state index in [1.807, 2.05) is 0 Å². The average Bonchev–Trinajstić information content (AvgIpc) is 2.09. The summed E-state index contributed by atoms with van der Waals surface area (Å²) >= 11 is 0. The zero-order chi connectivity index (χ0) is 16.4. The quantitative estimate of drug-likeness (QED) is 0.219. The molecule has 0 saturated carbocycles. The van der Waals surface area contributed by atoms with Crippen LogP contribution in [-0.2, 0) is 13.7 Å². The minimum Gasteiger partial charge on any atom is -0.593 e. The molecule has 0 aromatic carbocycles. The van der Waals surface area contributed by atoms with Gasteiger partial charge in [-0.25, -0.2) is 9.13 Å². The molecule has 0 radical (unpaired) electrons. The van der Waals surface area contributed by atoms with Crippen LogP contribution in [0.4, 0.5) is 0 Å². The van der Waals surface area contributed by atoms with Crippen molar-refractivity contribution in [1.82, 2.24) is 0 Å². The van der Waals surface area contributed by atoms with Crippen molar-refractivity contribution in [3.63, 3.8) is 0 Å². The first-order valence-electron chi connectivity index (χ1n) is 3.76. The number of hydrogen-bond donors (Lipinski definition) is 9. The van der Waals surface area contributed by atoms with E-state index in [0.29, 0.717) is 0 Å². The summed E-state index contributed by atoms with van der Waals surface area (Å²) in [5.41, 5.74) is 0. The van der Waals surface area contributed by atoms with Crippen LogP contribution in [0.1, 0.15) is 0 Å². The summed E-state index contributed by atoms with van der Waals surface area (Å²) in [5.74, 6) is -1.86. The topological polar surface area (TPSA) is 256 Å². The van der Waals surface area contributed by atoms with Crippen LogP contribution in [-0.4, -0.2) is 63.2 Å². The van der Waals surface area contributed by atoms with E-state index in [1.54, 1.807) is 0 Å². The second-order valence-electron chi connectivity index (χ2n) is 2.48. The number of aliphatic hydroxyl groups excluding tert-OH is 3. The smallest absolute Gasteiger partial charge is 0.466 e. The Hall–Kier alpha value is 0.160. The molecule has 0 bridgehead atoms. The maximum absolute atomic E-state index is 9.82. The molecule has 0 amide bonds. The molecule has 0 aliphatic rings. The lowest BCUT2D eigenvalue weighted by molar-refractivity contribution is -0.176. The van der Waals surface area contributed by atoms with Gasteiger partial charge >= 0.3 is 23.7 Å². The van der Waals surface area contributed by atoms with Crippen molar-refractivity contribution in [2.24, 2.45) is 0 Å². The molecular formula is C3H13O13P3. The summed E-state index contributed by atoms with van der Waals surface area (Å²) in [6.07, 6.45) is -1.59. The summed E-state index contributed by atoms with van der Waals surface area (Å²) in [6, 6.07) is 0. The monoisotopic (exact) mass is 350 g/mol. The number of phosphoric acid groups is 2. The first-order valence-corrected chi connectivity index (χ1v) is 8.14. The molecular weight excluding hydrogens is 337 g/mol. The fraction of sp³-hybridized carbons (Fsp3) is 1.00. The van der Waals surface area contributed by atoms with E-state index < -0.39 is 42.2 Å². The molecule has 16 heteroatoms. The largest absolute Gasteiger partial charge is 0.593 e. The van der Waals surface area contributed by atoms with Gasteiger partial charge in [0.15, 0.2) is 0 Å². The van der Waals surface area contributed by atoms with Crippen molar-refractivity contribution in [1.29, 1.82) is 0 Å². The minimum atomic E-state index is -4.64. The van der Waals surface area contributed by atoms with Crippen molar-refractivity contribution in [3.05, 3.63) is 0 Å². The third-order valence-electron chi connectivity index (χ3n) is 0.747. The van der Waals surface area contributed by atoms with Crippen LogP contribution in [0.3, 0.4) is 0 Å². The van der Waals surface area contributed by atoms with Gasteiger partial charge in [0.05, 0.1) is 6.61 Å². The molecule has 3 atom stereocenters. The molecule has 0 aliphatic carbocycles. The van der Waals surface area contributed by atoms with Crippen molar-refractivity contribution < 1.29 is 63.3 Å². The number of hydrogen-bond acceptors (Lipinski definition) is 7.